The van der Waals surface area contributed by atoms with Crippen LogP contribution in [0.15, 0.2) is 41.3 Å². The summed E-state index contributed by atoms with van der Waals surface area (Å²) < 4.78 is 36.2. The van der Waals surface area contributed by atoms with Crippen molar-refractivity contribution >= 4 is 44.6 Å². The fraction of sp³-hybridized carbons (Fsp3) is 0.263. The molecule has 29 heavy (non-hydrogen) atoms. The third-order valence-electron chi connectivity index (χ3n) is 5.43. The Hall–Kier alpha value is -2.69. The maximum atomic E-state index is 13.3. The number of benzene rings is 2. The summed E-state index contributed by atoms with van der Waals surface area (Å²) in [4.78, 5) is 23.7. The van der Waals surface area contributed by atoms with Gasteiger partial charge in [0.05, 0.1) is 17.6 Å². The predicted molar refractivity (Wildman–Crippen MR) is 105 cm³/mol. The molecule has 3 aromatic rings. The molecule has 148 valence electrons. The number of amides is 2. The van der Waals surface area contributed by atoms with E-state index in [9.17, 15) is 18.0 Å². The Morgan fingerprint density at radius 2 is 1.90 bits per heavy atom. The molecular formula is C19H16N4O4S2. The normalized spacial score (nSPS) is 20.1. The molecule has 2 aromatic carbocycles. The Balaban J connectivity index is 1.45. The van der Waals surface area contributed by atoms with Crippen molar-refractivity contribution in [2.45, 2.75) is 36.7 Å². The van der Waals surface area contributed by atoms with Gasteiger partial charge in [-0.25, -0.2) is 8.42 Å². The number of rotatable bonds is 3. The van der Waals surface area contributed by atoms with E-state index in [0.717, 1.165) is 28.4 Å². The predicted octanol–water partition coefficient (Wildman–Crippen LogP) is 1.92. The molecule has 5 rings (SSSR count). The molecule has 0 aliphatic carbocycles. The average Bonchev–Trinajstić information content (AvgIpc) is 3.34. The lowest BCUT2D eigenvalue weighted by Crippen LogP contribution is -2.39. The highest BCUT2D eigenvalue weighted by Crippen LogP contribution is 2.34. The van der Waals surface area contributed by atoms with Crippen molar-refractivity contribution in [3.63, 3.8) is 0 Å². The summed E-state index contributed by atoms with van der Waals surface area (Å²) in [6.45, 7) is 0.494. The van der Waals surface area contributed by atoms with Gasteiger partial charge in [-0.15, -0.1) is 0 Å². The van der Waals surface area contributed by atoms with E-state index in [1.165, 1.54) is 4.31 Å². The van der Waals surface area contributed by atoms with Crippen LogP contribution in [0.25, 0.3) is 11.0 Å². The van der Waals surface area contributed by atoms with E-state index in [4.69, 9.17) is 0 Å². The smallest absolute Gasteiger partial charge is 0.245 e. The van der Waals surface area contributed by atoms with Crippen LogP contribution >= 0.6 is 11.7 Å². The van der Waals surface area contributed by atoms with Crippen LogP contribution in [0.5, 0.6) is 0 Å². The third-order valence-corrected chi connectivity index (χ3v) is 7.80. The highest BCUT2D eigenvalue weighted by molar-refractivity contribution is 7.89. The van der Waals surface area contributed by atoms with E-state index in [-0.39, 0.29) is 29.8 Å². The summed E-state index contributed by atoms with van der Waals surface area (Å²) in [6.07, 6.45) is 0.768. The summed E-state index contributed by atoms with van der Waals surface area (Å²) in [5.74, 6) is -0.944. The number of hydrogen-bond donors (Lipinski definition) is 1. The Bertz CT molecular complexity index is 1270. The molecule has 0 radical (unpaired) electrons. The Morgan fingerprint density at radius 3 is 2.72 bits per heavy atom. The number of imide groups is 1. The monoisotopic (exact) mass is 428 g/mol. The fourth-order valence-corrected chi connectivity index (χ4v) is 6.06. The highest BCUT2D eigenvalue weighted by atomic mass is 32.2. The zero-order valence-corrected chi connectivity index (χ0v) is 16.8. The minimum absolute atomic E-state index is 0.155. The van der Waals surface area contributed by atoms with E-state index in [1.807, 2.05) is 18.2 Å². The first-order valence-electron chi connectivity index (χ1n) is 9.10. The van der Waals surface area contributed by atoms with E-state index in [2.05, 4.69) is 14.1 Å². The average molecular weight is 428 g/mol. The van der Waals surface area contributed by atoms with Gasteiger partial charge < -0.3 is 0 Å². The van der Waals surface area contributed by atoms with Gasteiger partial charge in [-0.3, -0.25) is 14.9 Å². The first-order chi connectivity index (χ1) is 13.9. The summed E-state index contributed by atoms with van der Waals surface area (Å²) in [5.41, 5.74) is 3.54. The molecule has 2 amide bonds. The van der Waals surface area contributed by atoms with Crippen molar-refractivity contribution in [1.29, 1.82) is 0 Å². The molecule has 1 unspecified atom stereocenters. The van der Waals surface area contributed by atoms with Crippen molar-refractivity contribution in [2.24, 2.45) is 0 Å². The van der Waals surface area contributed by atoms with Gasteiger partial charge >= 0.3 is 0 Å². The molecule has 0 saturated carbocycles. The van der Waals surface area contributed by atoms with Gasteiger partial charge in [0.2, 0.25) is 21.8 Å². The summed E-state index contributed by atoms with van der Waals surface area (Å²) in [6, 6.07) is 10.6. The second-order valence-electron chi connectivity index (χ2n) is 7.19. The molecule has 2 aliphatic heterocycles. The maximum Gasteiger partial charge on any atom is 0.245 e. The van der Waals surface area contributed by atoms with Crippen LogP contribution in [0.4, 0.5) is 0 Å². The van der Waals surface area contributed by atoms with Crippen molar-refractivity contribution in [1.82, 2.24) is 18.4 Å². The van der Waals surface area contributed by atoms with Crippen LogP contribution in [0.3, 0.4) is 0 Å². The third kappa shape index (κ3) is 3.04. The Labute approximate surface area is 170 Å². The summed E-state index contributed by atoms with van der Waals surface area (Å²) in [7, 11) is -3.75. The van der Waals surface area contributed by atoms with Crippen molar-refractivity contribution in [3.8, 4) is 0 Å². The number of carbonyl (C=O) groups is 2. The molecule has 1 aromatic heterocycles. The number of hydrogen-bond acceptors (Lipinski definition) is 7. The van der Waals surface area contributed by atoms with Crippen LogP contribution < -0.4 is 5.32 Å². The highest BCUT2D eigenvalue weighted by Gasteiger charge is 2.34. The SMILES string of the molecule is O=C1CCC(c2ccc3c(c2)CN(S(=O)(=O)c2cccc4nsnc24)C3)C(=O)N1. The number of fused-ring (bicyclic) bond motifs is 2. The van der Waals surface area contributed by atoms with Crippen LogP contribution in [0.2, 0.25) is 0 Å². The fourth-order valence-electron chi connectivity index (χ4n) is 3.91. The van der Waals surface area contributed by atoms with Gasteiger partial charge in [-0.1, -0.05) is 24.3 Å². The van der Waals surface area contributed by atoms with Gasteiger partial charge in [-0.2, -0.15) is 13.1 Å². The number of piperidine rings is 1. The first kappa shape index (κ1) is 18.3. The number of sulfonamides is 1. The molecule has 2 aliphatic rings. The van der Waals surface area contributed by atoms with Gasteiger partial charge in [0, 0.05) is 19.5 Å². The van der Waals surface area contributed by atoms with Gasteiger partial charge in [0.1, 0.15) is 15.9 Å². The zero-order chi connectivity index (χ0) is 20.2. The van der Waals surface area contributed by atoms with Gasteiger partial charge in [0.15, 0.2) is 0 Å². The minimum Gasteiger partial charge on any atom is -0.296 e. The van der Waals surface area contributed by atoms with Crippen molar-refractivity contribution < 1.29 is 18.0 Å². The molecule has 1 fully saturated rings. The minimum atomic E-state index is -3.75. The molecule has 1 N–H and O–H groups in total. The molecule has 0 spiro atoms. The van der Waals surface area contributed by atoms with Crippen molar-refractivity contribution in [2.75, 3.05) is 0 Å². The second-order valence-corrected chi connectivity index (χ2v) is 9.63. The largest absolute Gasteiger partial charge is 0.296 e. The first-order valence-corrected chi connectivity index (χ1v) is 11.3. The van der Waals surface area contributed by atoms with E-state index < -0.39 is 15.9 Å². The lowest BCUT2D eigenvalue weighted by Gasteiger charge is -2.21. The standard InChI is InChI=1S/C19H16N4O4S2/c24-17-7-6-14(19(25)20-17)11-4-5-12-9-23(10-13(12)8-11)29(26,27)16-3-1-2-15-18(16)22-28-21-15/h1-5,8,14H,6-7,9-10H2,(H,20,24,25). The molecule has 0 bridgehead atoms. The van der Waals surface area contributed by atoms with Crippen molar-refractivity contribution in [3.05, 3.63) is 53.1 Å². The maximum absolute atomic E-state index is 13.3. The molecule has 3 heterocycles. The Morgan fingerprint density at radius 1 is 1.07 bits per heavy atom. The molecule has 10 heteroatoms. The van der Waals surface area contributed by atoms with Crippen LogP contribution in [0, 0.1) is 0 Å². The lowest BCUT2D eigenvalue weighted by atomic mass is 9.89. The molecule has 1 saturated heterocycles. The Kier molecular flexibility index (Phi) is 4.23. The van der Waals surface area contributed by atoms with E-state index >= 15 is 0 Å². The second kappa shape index (κ2) is 6.68. The number of nitrogens with one attached hydrogen (secondary N) is 1. The number of aromatic nitrogens is 2. The van der Waals surface area contributed by atoms with Crippen LogP contribution in [-0.4, -0.2) is 33.3 Å². The topological polar surface area (TPSA) is 109 Å². The summed E-state index contributed by atoms with van der Waals surface area (Å²) >= 11 is 0.986. The molecular weight excluding hydrogens is 412 g/mol. The number of nitrogens with zero attached hydrogens (tertiary/aromatic N) is 3. The zero-order valence-electron chi connectivity index (χ0n) is 15.2. The molecule has 1 atom stereocenters. The summed E-state index contributed by atoms with van der Waals surface area (Å²) in [5, 5.41) is 2.37. The molecule has 8 nitrogen and oxygen atoms in total. The van der Waals surface area contributed by atoms with Gasteiger partial charge in [0.25, 0.3) is 0 Å². The van der Waals surface area contributed by atoms with Crippen LogP contribution in [0.1, 0.15) is 35.4 Å². The van der Waals surface area contributed by atoms with Crippen LogP contribution in [-0.2, 0) is 32.7 Å². The number of carbonyl (C=O) groups excluding carboxylic acids is 2. The van der Waals surface area contributed by atoms with E-state index in [1.54, 1.807) is 18.2 Å². The quantitative estimate of drug-likeness (QED) is 0.639. The lowest BCUT2D eigenvalue weighted by molar-refractivity contribution is -0.134. The van der Waals surface area contributed by atoms with E-state index in [0.29, 0.717) is 23.9 Å². The van der Waals surface area contributed by atoms with Gasteiger partial charge in [-0.05, 0) is 35.2 Å².